The Morgan fingerprint density at radius 2 is 1.85 bits per heavy atom. The highest BCUT2D eigenvalue weighted by atomic mass is 19.4. The van der Waals surface area contributed by atoms with E-state index in [1.54, 1.807) is 37.4 Å². The van der Waals surface area contributed by atoms with Gasteiger partial charge in [0.2, 0.25) is 0 Å². The summed E-state index contributed by atoms with van der Waals surface area (Å²) in [5, 5.41) is 10.0. The third-order valence-electron chi connectivity index (χ3n) is 7.68. The number of carbonyl (C=O) groups is 1. The Kier molecular flexibility index (Phi) is 9.02. The number of oxazole rings is 1. The van der Waals surface area contributed by atoms with Crippen molar-refractivity contribution in [3.8, 4) is 11.3 Å². The predicted molar refractivity (Wildman–Crippen MR) is 152 cm³/mol. The van der Waals surface area contributed by atoms with E-state index in [9.17, 15) is 18.0 Å². The Morgan fingerprint density at radius 3 is 2.61 bits per heavy atom. The van der Waals surface area contributed by atoms with Crippen molar-refractivity contribution in [2.24, 2.45) is 0 Å². The van der Waals surface area contributed by atoms with E-state index < -0.39 is 17.8 Å². The van der Waals surface area contributed by atoms with Crippen LogP contribution in [0.1, 0.15) is 51.0 Å². The molecular weight excluding hydrogens is 535 g/mol. The van der Waals surface area contributed by atoms with Gasteiger partial charge < -0.3 is 24.7 Å². The zero-order valence-electron chi connectivity index (χ0n) is 23.0. The quantitative estimate of drug-likeness (QED) is 0.271. The van der Waals surface area contributed by atoms with Crippen LogP contribution in [0.25, 0.3) is 11.3 Å². The van der Waals surface area contributed by atoms with E-state index in [-0.39, 0.29) is 24.7 Å². The number of aromatic nitrogens is 1. The van der Waals surface area contributed by atoms with Gasteiger partial charge in [0.15, 0.2) is 5.76 Å². The minimum atomic E-state index is -4.33. The average Bonchev–Trinajstić information content (AvgIpc) is 3.43. The van der Waals surface area contributed by atoms with Crippen molar-refractivity contribution < 1.29 is 27.1 Å². The molecule has 2 aromatic carbocycles. The van der Waals surface area contributed by atoms with E-state index in [0.29, 0.717) is 17.5 Å². The van der Waals surface area contributed by atoms with Crippen molar-refractivity contribution >= 4 is 23.5 Å². The number of piperidine rings is 1. The number of carbonyl (C=O) groups excluding carboxylic acids is 1. The standard InChI is InChI=1S/C30H36F3N5O3/c1-2-40-29(39)36-22-8-5-7-20(17-22)27-18-34-28(41-27)37-26-11-4-3-10-25(26)35-23-9-6-16-38(19-23)24-14-12-21(13-15-24)30(31,32)33/h5,7-8,12-15,17-18,23,25-26,35H,2-4,6,9-11,16,19H2,1H3,(H,34,37)(H,36,39)/t23-,25+,26+/m0/s1. The fourth-order valence-electron chi connectivity index (χ4n) is 5.68. The molecule has 0 bridgehead atoms. The molecule has 3 aromatic rings. The lowest BCUT2D eigenvalue weighted by Gasteiger charge is -2.40. The van der Waals surface area contributed by atoms with Crippen molar-refractivity contribution in [1.29, 1.82) is 0 Å². The summed E-state index contributed by atoms with van der Waals surface area (Å²) < 4.78 is 50.0. The van der Waals surface area contributed by atoms with Crippen molar-refractivity contribution in [1.82, 2.24) is 10.3 Å². The lowest BCUT2D eigenvalue weighted by molar-refractivity contribution is -0.137. The van der Waals surface area contributed by atoms with Crippen LogP contribution in [0, 0.1) is 0 Å². The summed E-state index contributed by atoms with van der Waals surface area (Å²) in [6.45, 7) is 3.61. The number of halogens is 3. The van der Waals surface area contributed by atoms with Gasteiger partial charge in [-0.15, -0.1) is 0 Å². The normalized spacial score (nSPS) is 21.4. The number of alkyl halides is 3. The Morgan fingerprint density at radius 1 is 1.07 bits per heavy atom. The molecule has 1 saturated carbocycles. The maximum atomic E-state index is 13.0. The molecular formula is C30H36F3N5O3. The molecule has 1 aromatic heterocycles. The first-order valence-electron chi connectivity index (χ1n) is 14.2. The van der Waals surface area contributed by atoms with Crippen molar-refractivity contribution in [3.63, 3.8) is 0 Å². The third-order valence-corrected chi connectivity index (χ3v) is 7.68. The van der Waals surface area contributed by atoms with Crippen LogP contribution in [0.2, 0.25) is 0 Å². The number of hydrogen-bond donors (Lipinski definition) is 3. The molecule has 8 nitrogen and oxygen atoms in total. The number of benzene rings is 2. The van der Waals surface area contributed by atoms with Crippen LogP contribution in [0.5, 0.6) is 0 Å². The van der Waals surface area contributed by atoms with E-state index >= 15 is 0 Å². The molecule has 1 aliphatic heterocycles. The second-order valence-electron chi connectivity index (χ2n) is 10.6. The van der Waals surface area contributed by atoms with Gasteiger partial charge in [0.05, 0.1) is 18.4 Å². The number of hydrogen-bond acceptors (Lipinski definition) is 7. The lowest BCUT2D eigenvalue weighted by Crippen LogP contribution is -2.54. The molecule has 3 N–H and O–H groups in total. The summed E-state index contributed by atoms with van der Waals surface area (Å²) in [6.07, 6.45) is 3.03. The molecule has 2 fully saturated rings. The highest BCUT2D eigenvalue weighted by molar-refractivity contribution is 5.85. The fraction of sp³-hybridized carbons (Fsp3) is 0.467. The summed E-state index contributed by atoms with van der Waals surface area (Å²) in [7, 11) is 0. The summed E-state index contributed by atoms with van der Waals surface area (Å²) in [6, 6.07) is 13.8. The van der Waals surface area contributed by atoms with Crippen LogP contribution >= 0.6 is 0 Å². The highest BCUT2D eigenvalue weighted by Crippen LogP contribution is 2.32. The van der Waals surface area contributed by atoms with Crippen LogP contribution in [-0.2, 0) is 10.9 Å². The van der Waals surface area contributed by atoms with Gasteiger partial charge in [0.1, 0.15) is 0 Å². The lowest BCUT2D eigenvalue weighted by atomic mass is 9.89. The van der Waals surface area contributed by atoms with Gasteiger partial charge in [-0.2, -0.15) is 13.2 Å². The largest absolute Gasteiger partial charge is 0.450 e. The number of ether oxygens (including phenoxy) is 1. The molecule has 220 valence electrons. The molecule has 41 heavy (non-hydrogen) atoms. The number of anilines is 3. The molecule has 1 aliphatic carbocycles. The second kappa shape index (κ2) is 12.8. The summed E-state index contributed by atoms with van der Waals surface area (Å²) in [5.74, 6) is 0.583. The summed E-state index contributed by atoms with van der Waals surface area (Å²) in [5.41, 5.74) is 1.57. The Balaban J connectivity index is 1.20. The van der Waals surface area contributed by atoms with E-state index in [1.165, 1.54) is 0 Å². The molecule has 1 amide bonds. The van der Waals surface area contributed by atoms with E-state index in [2.05, 4.69) is 25.8 Å². The van der Waals surface area contributed by atoms with Gasteiger partial charge in [-0.3, -0.25) is 5.32 Å². The molecule has 1 saturated heterocycles. The van der Waals surface area contributed by atoms with Gasteiger partial charge in [0, 0.05) is 48.2 Å². The molecule has 3 atom stereocenters. The van der Waals surface area contributed by atoms with Gasteiger partial charge in [0.25, 0.3) is 6.01 Å². The van der Waals surface area contributed by atoms with Gasteiger partial charge in [-0.1, -0.05) is 25.0 Å². The predicted octanol–water partition coefficient (Wildman–Crippen LogP) is 6.91. The minimum Gasteiger partial charge on any atom is -0.450 e. The molecule has 0 spiro atoms. The minimum absolute atomic E-state index is 0.133. The first-order chi connectivity index (χ1) is 19.8. The number of amides is 1. The Labute approximate surface area is 237 Å². The molecule has 2 aliphatic rings. The summed E-state index contributed by atoms with van der Waals surface area (Å²) in [4.78, 5) is 18.4. The molecule has 0 radical (unpaired) electrons. The van der Waals surface area contributed by atoms with Gasteiger partial charge in [-0.25, -0.2) is 9.78 Å². The topological polar surface area (TPSA) is 91.7 Å². The van der Waals surface area contributed by atoms with E-state index in [4.69, 9.17) is 9.15 Å². The van der Waals surface area contributed by atoms with Gasteiger partial charge in [-0.05, 0) is 69.0 Å². The molecule has 5 rings (SSSR count). The van der Waals surface area contributed by atoms with E-state index in [0.717, 1.165) is 75.0 Å². The SMILES string of the molecule is CCOC(=O)Nc1cccc(-c2cnc(N[C@@H]3CCCC[C@H]3N[C@H]3CCCN(c4ccc(C(F)(F)F)cc4)C3)o2)c1. The Hall–Kier alpha value is -3.73. The van der Waals surface area contributed by atoms with Crippen LogP contribution in [0.4, 0.5) is 35.4 Å². The second-order valence-corrected chi connectivity index (χ2v) is 10.6. The zero-order valence-corrected chi connectivity index (χ0v) is 23.0. The van der Waals surface area contributed by atoms with Crippen molar-refractivity contribution in [3.05, 3.63) is 60.3 Å². The molecule has 11 heteroatoms. The maximum absolute atomic E-state index is 13.0. The van der Waals surface area contributed by atoms with Crippen LogP contribution in [0.3, 0.4) is 0 Å². The first-order valence-corrected chi connectivity index (χ1v) is 14.2. The molecule has 0 unspecified atom stereocenters. The summed E-state index contributed by atoms with van der Waals surface area (Å²) >= 11 is 0. The van der Waals surface area contributed by atoms with Crippen molar-refractivity contribution in [2.75, 3.05) is 35.2 Å². The number of rotatable bonds is 8. The number of nitrogens with one attached hydrogen (secondary N) is 3. The van der Waals surface area contributed by atoms with Crippen LogP contribution < -0.4 is 20.9 Å². The van der Waals surface area contributed by atoms with Crippen LogP contribution in [0.15, 0.2) is 59.1 Å². The third kappa shape index (κ3) is 7.52. The first kappa shape index (κ1) is 28.8. The van der Waals surface area contributed by atoms with Gasteiger partial charge >= 0.3 is 12.3 Å². The Bertz CT molecular complexity index is 1300. The van der Waals surface area contributed by atoms with Crippen LogP contribution in [-0.4, -0.2) is 48.9 Å². The number of nitrogens with zero attached hydrogens (tertiary/aromatic N) is 2. The fourth-order valence-corrected chi connectivity index (χ4v) is 5.68. The van der Waals surface area contributed by atoms with Crippen molar-refractivity contribution in [2.45, 2.75) is 69.8 Å². The monoisotopic (exact) mass is 571 g/mol. The maximum Gasteiger partial charge on any atom is 0.416 e. The zero-order chi connectivity index (χ0) is 28.8. The van der Waals surface area contributed by atoms with E-state index in [1.807, 2.05) is 12.1 Å². The smallest absolute Gasteiger partial charge is 0.416 e. The molecule has 2 heterocycles. The average molecular weight is 572 g/mol. The highest BCUT2D eigenvalue weighted by Gasteiger charge is 2.32.